The molecule has 0 rings (SSSR count). The van der Waals surface area contributed by atoms with Gasteiger partial charge in [-0.2, -0.15) is 0 Å². The highest BCUT2D eigenvalue weighted by atomic mass is 32.2. The van der Waals surface area contributed by atoms with Gasteiger partial charge in [0.1, 0.15) is 12.7 Å². The number of rotatable bonds is 50. The van der Waals surface area contributed by atoms with E-state index in [4.69, 9.17) is 9.47 Å². The van der Waals surface area contributed by atoms with Gasteiger partial charge in [-0.15, -0.1) is 0 Å². The molecule has 0 aliphatic rings. The van der Waals surface area contributed by atoms with Crippen LogP contribution in [0.1, 0.15) is 290 Å². The lowest BCUT2D eigenvalue weighted by Gasteiger charge is -2.17. The lowest BCUT2D eigenvalue weighted by molar-refractivity contribution is -0.157. The summed E-state index contributed by atoms with van der Waals surface area (Å²) in [6.45, 7) is 6.82. The zero-order valence-corrected chi connectivity index (χ0v) is 42.9. The van der Waals surface area contributed by atoms with Gasteiger partial charge in [0.25, 0.3) is 0 Å². The normalized spacial score (nSPS) is 12.3. The quantitative estimate of drug-likeness (QED) is 0.0344. The second-order valence-corrected chi connectivity index (χ2v) is 19.6. The summed E-state index contributed by atoms with van der Waals surface area (Å²) in [5.74, 6) is -0.158. The molecule has 0 N–H and O–H groups in total. The first-order valence-corrected chi connectivity index (χ1v) is 28.5. The molecule has 5 nitrogen and oxygen atoms in total. The molecule has 0 saturated carbocycles. The Kier molecular flexibility index (Phi) is 51.3. The molecule has 0 saturated heterocycles. The van der Waals surface area contributed by atoms with E-state index in [1.54, 1.807) is 0 Å². The molecule has 0 amide bonds. The van der Waals surface area contributed by atoms with Crippen LogP contribution in [0, 0.1) is 0 Å². The van der Waals surface area contributed by atoms with Gasteiger partial charge in [-0.1, -0.05) is 223 Å². The summed E-state index contributed by atoms with van der Waals surface area (Å²) in [7, 11) is 0. The topological polar surface area (TPSA) is 69.7 Å². The van der Waals surface area contributed by atoms with Gasteiger partial charge in [0.05, 0.1) is 0 Å². The maximum Gasteiger partial charge on any atom is 0.306 e. The van der Waals surface area contributed by atoms with Gasteiger partial charge < -0.3 is 9.47 Å². The highest BCUT2D eigenvalue weighted by Crippen LogP contribution is 2.18. The van der Waals surface area contributed by atoms with Gasteiger partial charge >= 0.3 is 11.9 Å². The maximum absolute atomic E-state index is 12.9. The van der Waals surface area contributed by atoms with E-state index in [-0.39, 0.29) is 23.7 Å². The fourth-order valence-electron chi connectivity index (χ4n) is 7.90. The summed E-state index contributed by atoms with van der Waals surface area (Å²) < 4.78 is 11.4. The number of thioether (sulfide) groups is 1. The summed E-state index contributed by atoms with van der Waals surface area (Å²) in [6, 6.07) is 0. The van der Waals surface area contributed by atoms with Crippen LogP contribution in [0.15, 0.2) is 36.5 Å². The van der Waals surface area contributed by atoms with Crippen molar-refractivity contribution in [3.63, 3.8) is 0 Å². The monoisotopic (exact) mass is 901 g/mol. The molecular weight excluding hydrogens is 797 g/mol. The molecule has 368 valence electrons. The van der Waals surface area contributed by atoms with Crippen LogP contribution in [0.25, 0.3) is 0 Å². The van der Waals surface area contributed by atoms with Crippen molar-refractivity contribution >= 4 is 28.8 Å². The number of hydrogen-bond donors (Lipinski definition) is 0. The third-order valence-corrected chi connectivity index (χ3v) is 13.2. The summed E-state index contributed by atoms with van der Waals surface area (Å²) in [5.41, 5.74) is 0. The average Bonchev–Trinajstić information content (AvgIpc) is 3.28. The van der Waals surface area contributed by atoms with Gasteiger partial charge in [-0.05, 0) is 96.3 Å². The van der Waals surface area contributed by atoms with E-state index < -0.39 is 6.10 Å². The van der Waals surface area contributed by atoms with Crippen LogP contribution in [-0.2, 0) is 23.9 Å². The third kappa shape index (κ3) is 51.0. The first kappa shape index (κ1) is 61.2. The number of unbranched alkanes of at least 4 members (excludes halogenated alkanes) is 33. The van der Waals surface area contributed by atoms with Gasteiger partial charge in [0, 0.05) is 25.0 Å². The van der Waals surface area contributed by atoms with Crippen molar-refractivity contribution in [1.82, 2.24) is 0 Å². The van der Waals surface area contributed by atoms with E-state index in [1.165, 1.54) is 185 Å². The molecule has 0 aromatic rings. The highest BCUT2D eigenvalue weighted by molar-refractivity contribution is 8.13. The molecule has 0 fully saturated rings. The highest BCUT2D eigenvalue weighted by Gasteiger charge is 2.19. The van der Waals surface area contributed by atoms with E-state index in [0.29, 0.717) is 25.0 Å². The zero-order valence-electron chi connectivity index (χ0n) is 42.1. The van der Waals surface area contributed by atoms with E-state index in [1.807, 2.05) is 0 Å². The number of hydrogen-bond acceptors (Lipinski definition) is 6. The standard InChI is InChI=1S/C57H104O5S/c1-4-7-10-13-16-19-22-25-28-31-34-37-40-43-46-49-55(58)61-52-54(62-56(59)50-47-44-41-38-35-32-29-26-23-20-17-14-11-8-5-2)53-63-57(60)51-48-45-42-39-36-33-30-27-24-21-18-15-12-9-6-3/h25-30,54H,4-24,31-53H2,1-3H3/b28-25-,29-26-,30-27-. The number of esters is 2. The molecule has 0 aromatic heterocycles. The van der Waals surface area contributed by atoms with Crippen LogP contribution >= 0.6 is 11.8 Å². The predicted octanol–water partition coefficient (Wildman–Crippen LogP) is 18.8. The fraction of sp³-hybridized carbons (Fsp3) is 0.842. The minimum atomic E-state index is -0.596. The van der Waals surface area contributed by atoms with Gasteiger partial charge in [0.2, 0.25) is 0 Å². The van der Waals surface area contributed by atoms with Crippen LogP contribution in [0.2, 0.25) is 0 Å². The number of carbonyl (C=O) groups is 3. The summed E-state index contributed by atoms with van der Waals surface area (Å²) in [4.78, 5) is 38.3. The average molecular weight is 902 g/mol. The first-order chi connectivity index (χ1) is 31.0. The van der Waals surface area contributed by atoms with Crippen molar-refractivity contribution in [1.29, 1.82) is 0 Å². The third-order valence-electron chi connectivity index (χ3n) is 12.1. The SMILES string of the molecule is CCCCCCCC/C=C\CCCCCCCC(=O)OCC(CSC(=O)CCCCCCC/C=C\CCCCCCCC)OC(=O)CCCCCCC/C=C\CCCCCCCC. The Bertz CT molecular complexity index is 1010. The van der Waals surface area contributed by atoms with Crippen molar-refractivity contribution in [2.45, 2.75) is 297 Å². The minimum Gasteiger partial charge on any atom is -0.462 e. The maximum atomic E-state index is 12.9. The van der Waals surface area contributed by atoms with E-state index >= 15 is 0 Å². The van der Waals surface area contributed by atoms with Crippen LogP contribution < -0.4 is 0 Å². The second kappa shape index (κ2) is 52.8. The van der Waals surface area contributed by atoms with E-state index in [2.05, 4.69) is 57.2 Å². The fourth-order valence-corrected chi connectivity index (χ4v) is 8.72. The molecule has 0 heterocycles. The molecule has 6 heteroatoms. The van der Waals surface area contributed by atoms with Gasteiger partial charge in [-0.25, -0.2) is 0 Å². The Morgan fingerprint density at radius 1 is 0.365 bits per heavy atom. The van der Waals surface area contributed by atoms with Crippen molar-refractivity contribution in [3.05, 3.63) is 36.5 Å². The summed E-state index contributed by atoms with van der Waals surface area (Å²) in [5, 5.41) is 0.130. The largest absolute Gasteiger partial charge is 0.462 e. The molecule has 0 aliphatic heterocycles. The molecule has 1 unspecified atom stereocenters. The van der Waals surface area contributed by atoms with Crippen LogP contribution in [0.4, 0.5) is 0 Å². The molecule has 0 aliphatic carbocycles. The second-order valence-electron chi connectivity index (χ2n) is 18.5. The Morgan fingerprint density at radius 2 is 0.651 bits per heavy atom. The Morgan fingerprint density at radius 3 is 1.00 bits per heavy atom. The minimum absolute atomic E-state index is 0.0235. The molecular formula is C57H104O5S. The Hall–Kier alpha value is -1.82. The molecule has 1 atom stereocenters. The van der Waals surface area contributed by atoms with Crippen LogP contribution in [0.3, 0.4) is 0 Å². The lowest BCUT2D eigenvalue weighted by Crippen LogP contribution is -2.28. The number of allylic oxidation sites excluding steroid dienone is 6. The number of carbonyl (C=O) groups excluding carboxylic acids is 3. The van der Waals surface area contributed by atoms with Crippen molar-refractivity contribution in [2.24, 2.45) is 0 Å². The summed E-state index contributed by atoms with van der Waals surface area (Å²) in [6.07, 6.45) is 62.4. The lowest BCUT2D eigenvalue weighted by atomic mass is 10.1. The molecule has 63 heavy (non-hydrogen) atoms. The van der Waals surface area contributed by atoms with Gasteiger partial charge in [0.15, 0.2) is 5.12 Å². The van der Waals surface area contributed by atoms with Crippen molar-refractivity contribution < 1.29 is 23.9 Å². The molecule has 0 bridgehead atoms. The Balaban J connectivity index is 4.39. The smallest absolute Gasteiger partial charge is 0.306 e. The molecule has 0 aromatic carbocycles. The Labute approximate surface area is 396 Å². The summed E-state index contributed by atoms with van der Waals surface area (Å²) >= 11 is 1.23. The van der Waals surface area contributed by atoms with Crippen molar-refractivity contribution in [3.8, 4) is 0 Å². The van der Waals surface area contributed by atoms with Crippen LogP contribution in [-0.4, -0.2) is 35.5 Å². The predicted molar refractivity (Wildman–Crippen MR) is 277 cm³/mol. The number of ether oxygens (including phenoxy) is 2. The van der Waals surface area contributed by atoms with E-state index in [0.717, 1.165) is 77.0 Å². The zero-order chi connectivity index (χ0) is 45.8. The first-order valence-electron chi connectivity index (χ1n) is 27.5. The van der Waals surface area contributed by atoms with Gasteiger partial charge in [-0.3, -0.25) is 14.4 Å². The van der Waals surface area contributed by atoms with E-state index in [9.17, 15) is 14.4 Å². The molecule has 0 radical (unpaired) electrons. The van der Waals surface area contributed by atoms with Crippen molar-refractivity contribution in [2.75, 3.05) is 12.4 Å². The molecule has 0 spiro atoms. The van der Waals surface area contributed by atoms with Crippen LogP contribution in [0.5, 0.6) is 0 Å².